The monoisotopic (exact) mass is 126 g/mol. The third kappa shape index (κ3) is 0.387. The molecule has 2 fully saturated rings. The Labute approximate surface area is 53.6 Å². The lowest BCUT2D eigenvalue weighted by Gasteiger charge is -2.16. The van der Waals surface area contributed by atoms with E-state index < -0.39 is 5.66 Å². The Morgan fingerprint density at radius 3 is 2.56 bits per heavy atom. The standard InChI is InChI=1S/C6H10N2O/c1-3-2-4-5(3)6(4,7)8-9/h3-5H,2,7H2,1H3. The third-order valence-electron chi connectivity index (χ3n) is 2.85. The number of nitrogens with two attached hydrogens (primary N) is 1. The van der Waals surface area contributed by atoms with Crippen LogP contribution in [0.15, 0.2) is 5.18 Å². The molecule has 0 spiro atoms. The minimum atomic E-state index is -0.639. The van der Waals surface area contributed by atoms with Crippen molar-refractivity contribution in [1.82, 2.24) is 0 Å². The van der Waals surface area contributed by atoms with Gasteiger partial charge in [0.05, 0.1) is 0 Å². The maximum Gasteiger partial charge on any atom is 0.157 e. The van der Waals surface area contributed by atoms with E-state index >= 15 is 0 Å². The highest BCUT2D eigenvalue weighted by Crippen LogP contribution is 2.66. The molecule has 0 aromatic carbocycles. The summed E-state index contributed by atoms with van der Waals surface area (Å²) in [7, 11) is 0. The molecule has 0 aromatic rings. The summed E-state index contributed by atoms with van der Waals surface area (Å²) in [6.07, 6.45) is 1.10. The van der Waals surface area contributed by atoms with Crippen LogP contribution in [-0.4, -0.2) is 5.66 Å². The number of hydrogen-bond donors (Lipinski definition) is 1. The molecule has 2 aliphatic carbocycles. The van der Waals surface area contributed by atoms with E-state index in [2.05, 4.69) is 12.1 Å². The van der Waals surface area contributed by atoms with Crippen LogP contribution in [0.3, 0.4) is 0 Å². The summed E-state index contributed by atoms with van der Waals surface area (Å²) in [6, 6.07) is 0. The molecule has 2 rings (SSSR count). The van der Waals surface area contributed by atoms with Gasteiger partial charge >= 0.3 is 0 Å². The Morgan fingerprint density at radius 1 is 1.78 bits per heavy atom. The Balaban J connectivity index is 2.15. The van der Waals surface area contributed by atoms with Gasteiger partial charge in [-0.2, -0.15) is 0 Å². The first-order valence-electron chi connectivity index (χ1n) is 3.33. The highest BCUT2D eigenvalue weighted by atomic mass is 16.3. The molecule has 0 heterocycles. The zero-order valence-electron chi connectivity index (χ0n) is 5.37. The van der Waals surface area contributed by atoms with E-state index in [4.69, 9.17) is 5.73 Å². The van der Waals surface area contributed by atoms with Crippen molar-refractivity contribution in [2.45, 2.75) is 19.0 Å². The van der Waals surface area contributed by atoms with E-state index in [1.807, 2.05) is 0 Å². The van der Waals surface area contributed by atoms with E-state index in [9.17, 15) is 4.91 Å². The molecular formula is C6H10N2O. The van der Waals surface area contributed by atoms with Gasteiger partial charge in [-0.1, -0.05) is 6.92 Å². The Kier molecular flexibility index (Phi) is 0.706. The van der Waals surface area contributed by atoms with Crippen LogP contribution >= 0.6 is 0 Å². The Morgan fingerprint density at radius 2 is 2.44 bits per heavy atom. The highest BCUT2D eigenvalue weighted by molar-refractivity contribution is 5.22. The molecule has 3 heteroatoms. The first-order chi connectivity index (χ1) is 4.20. The fraction of sp³-hybridized carbons (Fsp3) is 1.00. The lowest BCUT2D eigenvalue weighted by molar-refractivity contribution is 0.316. The second-order valence-corrected chi connectivity index (χ2v) is 3.32. The summed E-state index contributed by atoms with van der Waals surface area (Å²) in [5.41, 5.74) is 4.97. The number of hydrogen-bond acceptors (Lipinski definition) is 3. The van der Waals surface area contributed by atoms with Crippen molar-refractivity contribution in [3.8, 4) is 0 Å². The average molecular weight is 126 g/mol. The minimum Gasteiger partial charge on any atom is -0.304 e. The van der Waals surface area contributed by atoms with Crippen LogP contribution in [0.5, 0.6) is 0 Å². The van der Waals surface area contributed by atoms with Gasteiger partial charge in [0.1, 0.15) is 0 Å². The van der Waals surface area contributed by atoms with Crippen molar-refractivity contribution in [3.05, 3.63) is 4.91 Å². The summed E-state index contributed by atoms with van der Waals surface area (Å²) in [5.74, 6) is 1.50. The van der Waals surface area contributed by atoms with Gasteiger partial charge in [0.25, 0.3) is 0 Å². The fourth-order valence-electron chi connectivity index (χ4n) is 2.16. The molecule has 4 atom stereocenters. The third-order valence-corrected chi connectivity index (χ3v) is 2.85. The second-order valence-electron chi connectivity index (χ2n) is 3.32. The number of rotatable bonds is 1. The molecule has 0 amide bonds. The molecular weight excluding hydrogens is 116 g/mol. The molecule has 2 saturated carbocycles. The Bertz CT molecular complexity index is 170. The maximum atomic E-state index is 10.1. The molecule has 0 saturated heterocycles. The van der Waals surface area contributed by atoms with Gasteiger partial charge in [-0.05, 0) is 17.5 Å². The molecule has 0 bridgehead atoms. The van der Waals surface area contributed by atoms with Crippen molar-refractivity contribution in [3.63, 3.8) is 0 Å². The summed E-state index contributed by atoms with van der Waals surface area (Å²) in [6.45, 7) is 2.13. The molecule has 0 aromatic heterocycles. The lowest BCUT2D eigenvalue weighted by Crippen LogP contribution is -2.21. The normalized spacial score (nSPS) is 61.8. The van der Waals surface area contributed by atoms with Crippen molar-refractivity contribution in [1.29, 1.82) is 0 Å². The van der Waals surface area contributed by atoms with Crippen LogP contribution in [0.25, 0.3) is 0 Å². The largest absolute Gasteiger partial charge is 0.304 e. The first-order valence-corrected chi connectivity index (χ1v) is 3.33. The van der Waals surface area contributed by atoms with Crippen LogP contribution in [0.1, 0.15) is 13.3 Å². The van der Waals surface area contributed by atoms with E-state index in [1.165, 1.54) is 0 Å². The molecule has 4 unspecified atom stereocenters. The van der Waals surface area contributed by atoms with E-state index in [-0.39, 0.29) is 0 Å². The maximum absolute atomic E-state index is 10.1. The Hall–Kier alpha value is -0.440. The van der Waals surface area contributed by atoms with Gasteiger partial charge in [-0.15, -0.1) is 4.91 Å². The van der Waals surface area contributed by atoms with Crippen molar-refractivity contribution >= 4 is 0 Å². The summed E-state index contributed by atoms with van der Waals surface area (Å²) >= 11 is 0. The predicted molar refractivity (Wildman–Crippen MR) is 33.5 cm³/mol. The predicted octanol–water partition coefficient (Wildman–Crippen LogP) is 0.694. The average Bonchev–Trinajstić information content (AvgIpc) is 2.30. The van der Waals surface area contributed by atoms with Crippen LogP contribution in [0.4, 0.5) is 0 Å². The van der Waals surface area contributed by atoms with Crippen LogP contribution in [-0.2, 0) is 0 Å². The zero-order chi connectivity index (χ0) is 6.65. The summed E-state index contributed by atoms with van der Waals surface area (Å²) in [4.78, 5) is 10.1. The molecule has 0 radical (unpaired) electrons. The SMILES string of the molecule is CC1CC2C1C2(N)N=O. The van der Waals surface area contributed by atoms with Gasteiger partial charge in [0.15, 0.2) is 5.66 Å². The molecule has 2 aliphatic rings. The van der Waals surface area contributed by atoms with Gasteiger partial charge in [-0.3, -0.25) is 0 Å². The number of nitrogens with zero attached hydrogens (tertiary/aromatic N) is 1. The fourth-order valence-corrected chi connectivity index (χ4v) is 2.16. The summed E-state index contributed by atoms with van der Waals surface area (Å²) in [5, 5.41) is 2.93. The molecule has 0 aliphatic heterocycles. The number of fused-ring (bicyclic) bond motifs is 1. The van der Waals surface area contributed by atoms with Crippen LogP contribution < -0.4 is 5.73 Å². The summed E-state index contributed by atoms with van der Waals surface area (Å²) < 4.78 is 0. The smallest absolute Gasteiger partial charge is 0.157 e. The molecule has 2 N–H and O–H groups in total. The second kappa shape index (κ2) is 1.19. The van der Waals surface area contributed by atoms with Gasteiger partial charge in [-0.25, -0.2) is 0 Å². The lowest BCUT2D eigenvalue weighted by atomic mass is 9.88. The molecule has 9 heavy (non-hydrogen) atoms. The zero-order valence-corrected chi connectivity index (χ0v) is 5.37. The van der Waals surface area contributed by atoms with Crippen LogP contribution in [0, 0.1) is 22.7 Å². The quantitative estimate of drug-likeness (QED) is 0.525. The number of nitroso groups, excluding NO2 is 1. The topological polar surface area (TPSA) is 55.4 Å². The van der Waals surface area contributed by atoms with Gasteiger partial charge in [0.2, 0.25) is 0 Å². The molecule has 3 nitrogen and oxygen atoms in total. The molecule has 50 valence electrons. The minimum absolute atomic E-state index is 0.426. The van der Waals surface area contributed by atoms with Crippen molar-refractivity contribution in [2.75, 3.05) is 0 Å². The van der Waals surface area contributed by atoms with Crippen LogP contribution in [0.2, 0.25) is 0 Å². The van der Waals surface area contributed by atoms with E-state index in [0.717, 1.165) is 6.42 Å². The van der Waals surface area contributed by atoms with Gasteiger partial charge in [0, 0.05) is 11.8 Å². The first kappa shape index (κ1) is 5.35. The van der Waals surface area contributed by atoms with Crippen molar-refractivity contribution < 1.29 is 0 Å². The van der Waals surface area contributed by atoms with Gasteiger partial charge < -0.3 is 5.73 Å². The van der Waals surface area contributed by atoms with Crippen molar-refractivity contribution in [2.24, 2.45) is 28.7 Å². The van der Waals surface area contributed by atoms with E-state index in [1.54, 1.807) is 0 Å². The van der Waals surface area contributed by atoms with E-state index in [0.29, 0.717) is 17.8 Å². The highest BCUT2D eigenvalue weighted by Gasteiger charge is 2.73.